The Labute approximate surface area is 160 Å². The van der Waals surface area contributed by atoms with Gasteiger partial charge in [0, 0.05) is 30.4 Å². The van der Waals surface area contributed by atoms with Gasteiger partial charge < -0.3 is 14.6 Å². The van der Waals surface area contributed by atoms with Crippen LogP contribution in [-0.2, 0) is 17.8 Å². The van der Waals surface area contributed by atoms with Crippen LogP contribution in [0, 0.1) is 0 Å². The molecule has 1 aliphatic heterocycles. The molecule has 1 aliphatic rings. The van der Waals surface area contributed by atoms with Crippen molar-refractivity contribution in [2.45, 2.75) is 31.1 Å². The maximum atomic E-state index is 12.0. The summed E-state index contributed by atoms with van der Waals surface area (Å²) in [4.78, 5) is 20.1. The van der Waals surface area contributed by atoms with Gasteiger partial charge >= 0.3 is 0 Å². The van der Waals surface area contributed by atoms with Crippen LogP contribution in [0.5, 0.6) is 5.75 Å². The second kappa shape index (κ2) is 7.79. The normalized spacial score (nSPS) is 15.2. The van der Waals surface area contributed by atoms with Gasteiger partial charge in [0.25, 0.3) is 0 Å². The first-order valence-corrected chi connectivity index (χ1v) is 9.58. The van der Waals surface area contributed by atoms with E-state index in [0.717, 1.165) is 17.7 Å². The molecule has 0 saturated heterocycles. The number of fused-ring (bicyclic) bond motifs is 1. The summed E-state index contributed by atoms with van der Waals surface area (Å²) >= 11 is 1.29. The first-order valence-electron chi connectivity index (χ1n) is 8.59. The van der Waals surface area contributed by atoms with Crippen LogP contribution < -0.4 is 10.1 Å². The Bertz CT molecular complexity index is 945. The molecule has 1 amide bonds. The largest absolute Gasteiger partial charge is 0.490 e. The Morgan fingerprint density at radius 2 is 2.15 bits per heavy atom. The summed E-state index contributed by atoms with van der Waals surface area (Å²) in [6.07, 6.45) is 4.39. The lowest BCUT2D eigenvalue weighted by Crippen LogP contribution is -2.24. The third-order valence-corrected chi connectivity index (χ3v) is 4.96. The van der Waals surface area contributed by atoms with Gasteiger partial charge in [0.2, 0.25) is 5.91 Å². The summed E-state index contributed by atoms with van der Waals surface area (Å²) in [6, 6.07) is 9.56. The Morgan fingerprint density at radius 3 is 3.00 bits per heavy atom. The lowest BCUT2D eigenvalue weighted by molar-refractivity contribution is -0.118. The fourth-order valence-corrected chi connectivity index (χ4v) is 3.47. The van der Waals surface area contributed by atoms with Gasteiger partial charge in [0.15, 0.2) is 10.9 Å². The third-order valence-electron chi connectivity index (χ3n) is 4.08. The number of carbonyl (C=O) groups is 1. The zero-order valence-electron chi connectivity index (χ0n) is 14.7. The zero-order valence-corrected chi connectivity index (χ0v) is 15.5. The van der Waals surface area contributed by atoms with Gasteiger partial charge in [0.05, 0.1) is 12.3 Å². The molecule has 138 valence electrons. The number of benzene rings is 1. The molecule has 0 fully saturated rings. The second-order valence-corrected chi connectivity index (χ2v) is 7.18. The molecule has 3 aromatic rings. The summed E-state index contributed by atoms with van der Waals surface area (Å²) in [5.74, 6) is 1.74. The van der Waals surface area contributed by atoms with Gasteiger partial charge in [-0.2, -0.15) is 0 Å². The Kier molecular flexibility index (Phi) is 5.06. The maximum absolute atomic E-state index is 12.0. The second-order valence-electron chi connectivity index (χ2n) is 6.23. The number of hydrogen-bond donors (Lipinski definition) is 1. The van der Waals surface area contributed by atoms with E-state index in [-0.39, 0.29) is 17.8 Å². The molecule has 7 nitrogen and oxygen atoms in total. The summed E-state index contributed by atoms with van der Waals surface area (Å²) in [6.45, 7) is 2.36. The van der Waals surface area contributed by atoms with Gasteiger partial charge in [-0.3, -0.25) is 4.79 Å². The number of nitrogens with one attached hydrogen (secondary N) is 1. The smallest absolute Gasteiger partial charge is 0.230 e. The van der Waals surface area contributed by atoms with Crippen molar-refractivity contribution < 1.29 is 14.1 Å². The maximum Gasteiger partial charge on any atom is 0.230 e. The van der Waals surface area contributed by atoms with Crippen LogP contribution in [0.15, 0.2) is 52.4 Å². The predicted octanol–water partition coefficient (Wildman–Crippen LogP) is 2.86. The van der Waals surface area contributed by atoms with Gasteiger partial charge in [-0.1, -0.05) is 16.9 Å². The summed E-state index contributed by atoms with van der Waals surface area (Å²) < 4.78 is 11.1. The molecule has 0 bridgehead atoms. The van der Waals surface area contributed by atoms with E-state index in [1.54, 1.807) is 18.5 Å². The number of aromatic nitrogens is 3. The van der Waals surface area contributed by atoms with Crippen molar-refractivity contribution in [1.82, 2.24) is 20.4 Å². The van der Waals surface area contributed by atoms with Crippen molar-refractivity contribution >= 4 is 17.7 Å². The molecule has 4 rings (SSSR count). The molecule has 1 atom stereocenters. The van der Waals surface area contributed by atoms with Gasteiger partial charge in [-0.15, -0.1) is 0 Å². The van der Waals surface area contributed by atoms with Gasteiger partial charge in [-0.05, 0) is 36.8 Å². The molecule has 3 heterocycles. The van der Waals surface area contributed by atoms with Crippen molar-refractivity contribution in [1.29, 1.82) is 0 Å². The molecule has 0 spiro atoms. The highest BCUT2D eigenvalue weighted by molar-refractivity contribution is 7.99. The van der Waals surface area contributed by atoms with Crippen LogP contribution in [0.2, 0.25) is 0 Å². The van der Waals surface area contributed by atoms with E-state index in [4.69, 9.17) is 9.26 Å². The molecular weight excluding hydrogens is 364 g/mol. The van der Waals surface area contributed by atoms with E-state index in [0.29, 0.717) is 23.2 Å². The van der Waals surface area contributed by atoms with Crippen molar-refractivity contribution in [3.05, 3.63) is 54.0 Å². The number of amides is 1. The summed E-state index contributed by atoms with van der Waals surface area (Å²) in [7, 11) is 0. The first kappa shape index (κ1) is 17.5. The van der Waals surface area contributed by atoms with Crippen LogP contribution in [0.4, 0.5) is 0 Å². The average Bonchev–Trinajstić information content (AvgIpc) is 3.30. The Hall–Kier alpha value is -2.87. The topological polar surface area (TPSA) is 90.1 Å². The third kappa shape index (κ3) is 4.28. The van der Waals surface area contributed by atoms with Crippen molar-refractivity contribution in [3.63, 3.8) is 0 Å². The SMILES string of the molecule is C[C@H]1Cc2cc(-c3cc(CNC(=O)CSc4ncccn4)no3)ccc2O1. The fourth-order valence-electron chi connectivity index (χ4n) is 2.84. The molecule has 0 unspecified atom stereocenters. The average molecular weight is 382 g/mol. The first-order chi connectivity index (χ1) is 13.2. The highest BCUT2D eigenvalue weighted by atomic mass is 32.2. The van der Waals surface area contributed by atoms with E-state index < -0.39 is 0 Å². The van der Waals surface area contributed by atoms with Crippen LogP contribution in [0.3, 0.4) is 0 Å². The predicted molar refractivity (Wildman–Crippen MR) is 100 cm³/mol. The van der Waals surface area contributed by atoms with E-state index in [1.807, 2.05) is 18.2 Å². The van der Waals surface area contributed by atoms with E-state index in [1.165, 1.54) is 17.3 Å². The number of rotatable bonds is 6. The minimum absolute atomic E-state index is 0.110. The summed E-state index contributed by atoms with van der Waals surface area (Å²) in [5.41, 5.74) is 2.80. The molecule has 0 aliphatic carbocycles. The fraction of sp³-hybridized carbons (Fsp3) is 0.263. The van der Waals surface area contributed by atoms with Crippen molar-refractivity contribution in [2.24, 2.45) is 0 Å². The number of thioether (sulfide) groups is 1. The van der Waals surface area contributed by atoms with E-state index in [9.17, 15) is 4.79 Å². The van der Waals surface area contributed by atoms with Crippen molar-refractivity contribution in [2.75, 3.05) is 5.75 Å². The number of carbonyl (C=O) groups excluding carboxylic acids is 1. The van der Waals surface area contributed by atoms with Gasteiger partial charge in [0.1, 0.15) is 17.5 Å². The minimum Gasteiger partial charge on any atom is -0.490 e. The molecule has 27 heavy (non-hydrogen) atoms. The molecule has 2 aromatic heterocycles. The van der Waals surface area contributed by atoms with E-state index >= 15 is 0 Å². The number of ether oxygens (including phenoxy) is 1. The monoisotopic (exact) mass is 382 g/mol. The quantitative estimate of drug-likeness (QED) is 0.518. The van der Waals surface area contributed by atoms with Crippen LogP contribution >= 0.6 is 11.8 Å². The standard InChI is InChI=1S/C19H18N4O3S/c1-12-7-14-8-13(3-4-16(14)25-12)17-9-15(23-26-17)10-22-18(24)11-27-19-20-5-2-6-21-19/h2-6,8-9,12H,7,10-11H2,1H3,(H,22,24)/t12-/m0/s1. The zero-order chi connectivity index (χ0) is 18.6. The molecular formula is C19H18N4O3S. The lowest BCUT2D eigenvalue weighted by atomic mass is 10.1. The summed E-state index contributed by atoms with van der Waals surface area (Å²) in [5, 5.41) is 7.44. The van der Waals surface area contributed by atoms with Gasteiger partial charge in [-0.25, -0.2) is 9.97 Å². The number of hydrogen-bond acceptors (Lipinski definition) is 7. The van der Waals surface area contributed by atoms with Crippen LogP contribution in [0.25, 0.3) is 11.3 Å². The van der Waals surface area contributed by atoms with Crippen LogP contribution in [0.1, 0.15) is 18.2 Å². The number of nitrogens with zero attached hydrogens (tertiary/aromatic N) is 3. The Morgan fingerprint density at radius 1 is 1.30 bits per heavy atom. The van der Waals surface area contributed by atoms with Crippen molar-refractivity contribution in [3.8, 4) is 17.1 Å². The lowest BCUT2D eigenvalue weighted by Gasteiger charge is -2.02. The Balaban J connectivity index is 1.32. The molecule has 0 saturated carbocycles. The van der Waals surface area contributed by atoms with Crippen LogP contribution in [-0.4, -0.2) is 32.9 Å². The minimum atomic E-state index is -0.110. The van der Waals surface area contributed by atoms with E-state index in [2.05, 4.69) is 33.4 Å². The molecule has 0 radical (unpaired) electrons. The molecule has 1 aromatic carbocycles. The molecule has 8 heteroatoms. The highest BCUT2D eigenvalue weighted by Gasteiger charge is 2.20. The molecule has 1 N–H and O–H groups in total. The highest BCUT2D eigenvalue weighted by Crippen LogP contribution is 2.33.